The summed E-state index contributed by atoms with van der Waals surface area (Å²) < 4.78 is 0. The molecular formula is C19H19N3O2. The van der Waals surface area contributed by atoms with Gasteiger partial charge in [-0.05, 0) is 55.3 Å². The summed E-state index contributed by atoms with van der Waals surface area (Å²) in [5, 5.41) is 24.2. The Hall–Kier alpha value is -2.84. The van der Waals surface area contributed by atoms with Crippen molar-refractivity contribution in [2.45, 2.75) is 12.8 Å². The monoisotopic (exact) mass is 321 g/mol. The molecule has 0 unspecified atom stereocenters. The van der Waals surface area contributed by atoms with Crippen LogP contribution in [0.5, 0.6) is 0 Å². The van der Waals surface area contributed by atoms with Gasteiger partial charge in [-0.15, -0.1) is 0 Å². The van der Waals surface area contributed by atoms with Crippen LogP contribution in [-0.4, -0.2) is 24.2 Å². The number of nitrogens with one attached hydrogen (secondary N) is 2. The second-order valence-electron chi connectivity index (χ2n) is 6.24. The Bertz CT molecular complexity index is 774. The van der Waals surface area contributed by atoms with Crippen molar-refractivity contribution in [1.82, 2.24) is 5.32 Å². The number of carbonyl (C=O) groups excluding carboxylic acids is 1. The predicted octanol–water partition coefficient (Wildman–Crippen LogP) is 2.80. The van der Waals surface area contributed by atoms with E-state index in [1.165, 1.54) is 0 Å². The van der Waals surface area contributed by atoms with Crippen LogP contribution in [0.2, 0.25) is 0 Å². The van der Waals surface area contributed by atoms with Crippen molar-refractivity contribution < 1.29 is 9.90 Å². The van der Waals surface area contributed by atoms with Crippen LogP contribution in [-0.2, 0) is 0 Å². The maximum atomic E-state index is 12.3. The highest BCUT2D eigenvalue weighted by atomic mass is 16.3. The molecule has 0 heterocycles. The number of anilines is 2. The summed E-state index contributed by atoms with van der Waals surface area (Å²) in [6, 6.07) is 16.4. The highest BCUT2D eigenvalue weighted by Gasteiger charge is 2.42. The molecular weight excluding hydrogens is 302 g/mol. The molecule has 3 N–H and O–H groups in total. The van der Waals surface area contributed by atoms with Crippen LogP contribution in [0, 0.1) is 16.7 Å². The van der Waals surface area contributed by atoms with E-state index in [1.54, 1.807) is 24.3 Å². The normalized spacial score (nSPS) is 14.5. The molecule has 1 aliphatic carbocycles. The Balaban J connectivity index is 1.64. The topological polar surface area (TPSA) is 85.2 Å². The minimum absolute atomic E-state index is 0.103. The van der Waals surface area contributed by atoms with Crippen LogP contribution < -0.4 is 10.6 Å². The minimum Gasteiger partial charge on any atom is -0.396 e. The van der Waals surface area contributed by atoms with Crippen molar-refractivity contribution in [3.63, 3.8) is 0 Å². The number of nitriles is 1. The Kier molecular flexibility index (Phi) is 4.50. The molecule has 0 aliphatic heterocycles. The third kappa shape index (κ3) is 3.73. The standard InChI is InChI=1S/C19H19N3O2/c20-11-14-4-6-16(7-5-14)22-17-3-1-2-15(10-17)18(24)21-12-19(13-23)8-9-19/h1-7,10,22-23H,8-9,12-13H2,(H,21,24). The van der Waals surface area contributed by atoms with Gasteiger partial charge in [-0.1, -0.05) is 6.07 Å². The molecule has 0 bridgehead atoms. The van der Waals surface area contributed by atoms with E-state index < -0.39 is 0 Å². The summed E-state index contributed by atoms with van der Waals surface area (Å²) in [5.41, 5.74) is 2.72. The molecule has 0 aromatic heterocycles. The number of nitrogens with zero attached hydrogens (tertiary/aromatic N) is 1. The maximum absolute atomic E-state index is 12.3. The van der Waals surface area contributed by atoms with Crippen LogP contribution in [0.3, 0.4) is 0 Å². The summed E-state index contributed by atoms with van der Waals surface area (Å²) in [6.45, 7) is 0.628. The third-order valence-electron chi connectivity index (χ3n) is 4.34. The molecule has 0 saturated heterocycles. The van der Waals surface area contributed by atoms with Gasteiger partial charge in [-0.3, -0.25) is 4.79 Å². The number of amides is 1. The molecule has 1 saturated carbocycles. The van der Waals surface area contributed by atoms with Crippen molar-refractivity contribution in [1.29, 1.82) is 5.26 Å². The van der Waals surface area contributed by atoms with Crippen molar-refractivity contribution in [2.24, 2.45) is 5.41 Å². The van der Waals surface area contributed by atoms with Crippen molar-refractivity contribution in [3.8, 4) is 6.07 Å². The number of rotatable bonds is 6. The van der Waals surface area contributed by atoms with E-state index in [1.807, 2.05) is 24.3 Å². The second-order valence-corrected chi connectivity index (χ2v) is 6.24. The first-order chi connectivity index (χ1) is 11.6. The van der Waals surface area contributed by atoms with Crippen LogP contribution in [0.4, 0.5) is 11.4 Å². The summed E-state index contributed by atoms with van der Waals surface area (Å²) in [7, 11) is 0. The summed E-state index contributed by atoms with van der Waals surface area (Å²) in [4.78, 5) is 12.3. The van der Waals surface area contributed by atoms with Crippen molar-refractivity contribution in [3.05, 3.63) is 59.7 Å². The summed E-state index contributed by atoms with van der Waals surface area (Å²) in [5.74, 6) is -0.141. The fourth-order valence-corrected chi connectivity index (χ4v) is 2.47. The quantitative estimate of drug-likeness (QED) is 0.764. The fourth-order valence-electron chi connectivity index (χ4n) is 2.47. The molecule has 1 fully saturated rings. The van der Waals surface area contributed by atoms with E-state index in [0.717, 1.165) is 24.2 Å². The van der Waals surface area contributed by atoms with E-state index in [9.17, 15) is 9.90 Å². The lowest BCUT2D eigenvalue weighted by Crippen LogP contribution is -2.31. The minimum atomic E-state index is -0.141. The van der Waals surface area contributed by atoms with Crippen LogP contribution in [0.25, 0.3) is 0 Å². The number of benzene rings is 2. The molecule has 1 amide bonds. The molecule has 122 valence electrons. The Morgan fingerprint density at radius 2 is 1.92 bits per heavy atom. The molecule has 24 heavy (non-hydrogen) atoms. The average molecular weight is 321 g/mol. The van der Waals surface area contributed by atoms with Gasteiger partial charge >= 0.3 is 0 Å². The second kappa shape index (κ2) is 6.73. The molecule has 0 atom stereocenters. The number of hydrogen-bond donors (Lipinski definition) is 3. The van der Waals surface area contributed by atoms with Gasteiger partial charge in [0, 0.05) is 28.9 Å². The zero-order valence-corrected chi connectivity index (χ0v) is 13.2. The van der Waals surface area contributed by atoms with Gasteiger partial charge in [-0.25, -0.2) is 0 Å². The molecule has 2 aromatic rings. The zero-order valence-electron chi connectivity index (χ0n) is 13.2. The van der Waals surface area contributed by atoms with E-state index in [4.69, 9.17) is 5.26 Å². The lowest BCUT2D eigenvalue weighted by Gasteiger charge is -2.13. The largest absolute Gasteiger partial charge is 0.396 e. The van der Waals surface area contributed by atoms with Gasteiger partial charge in [0.15, 0.2) is 0 Å². The Morgan fingerprint density at radius 3 is 2.54 bits per heavy atom. The molecule has 0 spiro atoms. The van der Waals surface area contributed by atoms with Gasteiger partial charge in [0.05, 0.1) is 18.2 Å². The zero-order chi connectivity index (χ0) is 17.0. The van der Waals surface area contributed by atoms with Crippen LogP contribution in [0.1, 0.15) is 28.8 Å². The first-order valence-corrected chi connectivity index (χ1v) is 7.90. The number of aliphatic hydroxyl groups excluding tert-OH is 1. The molecule has 5 heteroatoms. The molecule has 1 aliphatic rings. The number of hydrogen-bond acceptors (Lipinski definition) is 4. The first-order valence-electron chi connectivity index (χ1n) is 7.90. The maximum Gasteiger partial charge on any atom is 0.251 e. The highest BCUT2D eigenvalue weighted by molar-refractivity contribution is 5.95. The lowest BCUT2D eigenvalue weighted by molar-refractivity contribution is 0.0935. The highest BCUT2D eigenvalue weighted by Crippen LogP contribution is 2.44. The first kappa shape index (κ1) is 16.0. The van der Waals surface area contributed by atoms with E-state index in [2.05, 4.69) is 16.7 Å². The Morgan fingerprint density at radius 1 is 1.17 bits per heavy atom. The van der Waals surface area contributed by atoms with Crippen LogP contribution in [0.15, 0.2) is 48.5 Å². The predicted molar refractivity (Wildman–Crippen MR) is 92.0 cm³/mol. The summed E-state index contributed by atoms with van der Waals surface area (Å²) >= 11 is 0. The number of aliphatic hydroxyl groups is 1. The fraction of sp³-hybridized carbons (Fsp3) is 0.263. The SMILES string of the molecule is N#Cc1ccc(Nc2cccc(C(=O)NCC3(CO)CC3)c2)cc1. The van der Waals surface area contributed by atoms with Gasteiger partial charge in [0.2, 0.25) is 0 Å². The molecule has 5 nitrogen and oxygen atoms in total. The smallest absolute Gasteiger partial charge is 0.251 e. The van der Waals surface area contributed by atoms with E-state index >= 15 is 0 Å². The lowest BCUT2D eigenvalue weighted by atomic mass is 10.1. The van der Waals surface area contributed by atoms with E-state index in [-0.39, 0.29) is 17.9 Å². The molecule has 2 aromatic carbocycles. The Labute approximate surface area is 140 Å². The van der Waals surface area contributed by atoms with E-state index in [0.29, 0.717) is 17.7 Å². The van der Waals surface area contributed by atoms with Gasteiger partial charge in [-0.2, -0.15) is 5.26 Å². The molecule has 0 radical (unpaired) electrons. The number of carbonyl (C=O) groups is 1. The third-order valence-corrected chi connectivity index (χ3v) is 4.34. The van der Waals surface area contributed by atoms with Crippen molar-refractivity contribution >= 4 is 17.3 Å². The van der Waals surface area contributed by atoms with Crippen LogP contribution >= 0.6 is 0 Å². The summed E-state index contributed by atoms with van der Waals surface area (Å²) in [6.07, 6.45) is 1.92. The average Bonchev–Trinajstić information content (AvgIpc) is 3.41. The van der Waals surface area contributed by atoms with Gasteiger partial charge in [0.25, 0.3) is 5.91 Å². The molecule has 3 rings (SSSR count). The van der Waals surface area contributed by atoms with Gasteiger partial charge < -0.3 is 15.7 Å². The van der Waals surface area contributed by atoms with Gasteiger partial charge in [0.1, 0.15) is 0 Å². The van der Waals surface area contributed by atoms with Crippen molar-refractivity contribution in [2.75, 3.05) is 18.5 Å².